The highest BCUT2D eigenvalue weighted by molar-refractivity contribution is 8.15. The van der Waals surface area contributed by atoms with Gasteiger partial charge in [0, 0.05) is 46.3 Å². The Morgan fingerprint density at radius 3 is 1.44 bits per heavy atom. The fourth-order valence-corrected chi connectivity index (χ4v) is 15.2. The highest BCUT2D eigenvalue weighted by atomic mass is 32.2. The van der Waals surface area contributed by atoms with E-state index in [9.17, 15) is 34.5 Å². The lowest BCUT2D eigenvalue weighted by atomic mass is 10.1. The summed E-state index contributed by atoms with van der Waals surface area (Å²) in [5, 5.41) is 54.3. The highest BCUT2D eigenvalue weighted by Crippen LogP contribution is 2.38. The van der Waals surface area contributed by atoms with E-state index in [1.807, 2.05) is 66.4 Å². The number of carbonyl (C=O) groups excluding carboxylic acids is 4. The van der Waals surface area contributed by atoms with Gasteiger partial charge in [0.2, 0.25) is 11.8 Å². The fraction of sp³-hybridized carbons (Fsp3) is 0.236. The summed E-state index contributed by atoms with van der Waals surface area (Å²) >= 11 is 9.62. The molecule has 0 saturated carbocycles. The second-order valence-corrected chi connectivity index (χ2v) is 24.1. The largest absolute Gasteiger partial charge is 0.511 e. The number of ketones is 2. The number of benzene rings is 6. The number of phenolic OH excluding ortho intramolecular Hbond substituents is 3. The lowest BCUT2D eigenvalue weighted by molar-refractivity contribution is -0.127. The Hall–Kier alpha value is -6.95. The number of nitrogens with one attached hydrogen (secondary N) is 2. The second kappa shape index (κ2) is 23.3. The molecule has 3 aliphatic heterocycles. The summed E-state index contributed by atoms with van der Waals surface area (Å²) in [6.45, 7) is 6.78. The molecular formula is C55H48N8O8S6. The van der Waals surface area contributed by atoms with Crippen LogP contribution in [-0.4, -0.2) is 122 Å². The number of aliphatic hydroxyl groups is 1. The molecule has 0 bridgehead atoms. The first kappa shape index (κ1) is 53.4. The van der Waals surface area contributed by atoms with Gasteiger partial charge in [-0.15, -0.1) is 69.3 Å². The first-order valence-corrected chi connectivity index (χ1v) is 29.7. The van der Waals surface area contributed by atoms with Crippen LogP contribution in [0.4, 0.5) is 0 Å². The Morgan fingerprint density at radius 2 is 1.01 bits per heavy atom. The van der Waals surface area contributed by atoms with Gasteiger partial charge >= 0.3 is 0 Å². The molecule has 0 saturated heterocycles. The third kappa shape index (κ3) is 12.3. The van der Waals surface area contributed by atoms with Crippen LogP contribution in [0.2, 0.25) is 0 Å². The maximum atomic E-state index is 12.5. The minimum absolute atomic E-state index is 0.0185. The van der Waals surface area contributed by atoms with Gasteiger partial charge in [-0.1, -0.05) is 31.7 Å². The molecule has 3 unspecified atom stereocenters. The van der Waals surface area contributed by atoms with Gasteiger partial charge in [-0.05, 0) is 102 Å². The molecule has 3 atom stereocenters. The summed E-state index contributed by atoms with van der Waals surface area (Å²) < 4.78 is 3.24. The van der Waals surface area contributed by atoms with Crippen LogP contribution in [0.15, 0.2) is 118 Å². The molecule has 12 rings (SSSR count). The lowest BCUT2D eigenvalue weighted by Gasteiger charge is -2.07. The molecule has 3 aliphatic rings. The first-order valence-electron chi connectivity index (χ1n) is 24.3. The Bertz CT molecular complexity index is 3940. The number of nitrogens with zero attached hydrogens (tertiary/aromatic N) is 6. The third-order valence-electron chi connectivity index (χ3n) is 12.4. The van der Waals surface area contributed by atoms with Crippen molar-refractivity contribution < 1.29 is 39.6 Å². The highest BCUT2D eigenvalue weighted by Gasteiger charge is 2.29. The SMILES string of the molecule is C=C(O)CNC(=O)CCC(=O)CNC(=O)C1CSC(c2nc3ccc4cc(O)ccc4c3s2)=N1.CC(=O)C1CSC(c2nc3ccc4cc(O)ccc4c3s2)=N1.CCC1CSC(c2nc3ccc4cc(O)ccc4c3s2)=N1. The Morgan fingerprint density at radius 1 is 0.571 bits per heavy atom. The van der Waals surface area contributed by atoms with Crippen LogP contribution in [0.5, 0.6) is 17.2 Å². The molecule has 9 aromatic rings. The van der Waals surface area contributed by atoms with Gasteiger partial charge in [-0.25, -0.2) is 15.0 Å². The molecule has 3 aromatic heterocycles. The van der Waals surface area contributed by atoms with Crippen LogP contribution in [-0.2, 0) is 19.2 Å². The average Bonchev–Trinajstić information content (AvgIpc) is 4.30. The Labute approximate surface area is 465 Å². The number of rotatable bonds is 13. The summed E-state index contributed by atoms with van der Waals surface area (Å²) in [5.41, 5.74) is 2.76. The van der Waals surface area contributed by atoms with E-state index in [0.29, 0.717) is 28.3 Å². The number of thioether (sulfide) groups is 3. The fourth-order valence-electron chi connectivity index (χ4n) is 8.38. The van der Waals surface area contributed by atoms with Gasteiger partial charge in [-0.3, -0.25) is 34.2 Å². The molecule has 0 fully saturated rings. The second-order valence-electron chi connectivity index (χ2n) is 18.1. The van der Waals surface area contributed by atoms with E-state index in [0.717, 1.165) is 95.6 Å². The van der Waals surface area contributed by atoms with Crippen molar-refractivity contribution in [2.45, 2.75) is 51.2 Å². The molecule has 16 nitrogen and oxygen atoms in total. The first-order chi connectivity index (χ1) is 37.2. The molecule has 0 aliphatic carbocycles. The van der Waals surface area contributed by atoms with E-state index in [-0.39, 0.29) is 72.6 Å². The minimum atomic E-state index is -0.618. The molecule has 6 heterocycles. The molecule has 0 radical (unpaired) electrons. The summed E-state index contributed by atoms with van der Waals surface area (Å²) in [4.78, 5) is 75.3. The van der Waals surface area contributed by atoms with Crippen molar-refractivity contribution >= 4 is 171 Å². The van der Waals surface area contributed by atoms with E-state index >= 15 is 0 Å². The monoisotopic (exact) mass is 1140 g/mol. The predicted octanol–water partition coefficient (Wildman–Crippen LogP) is 10.7. The van der Waals surface area contributed by atoms with Gasteiger partial charge in [0.05, 0.1) is 49.8 Å². The van der Waals surface area contributed by atoms with Crippen LogP contribution in [0, 0.1) is 0 Å². The van der Waals surface area contributed by atoms with Crippen molar-refractivity contribution in [2.24, 2.45) is 15.0 Å². The summed E-state index contributed by atoms with van der Waals surface area (Å²) in [5.74, 6) is 1.92. The molecule has 6 N–H and O–H groups in total. The van der Waals surface area contributed by atoms with Crippen molar-refractivity contribution in [3.63, 3.8) is 0 Å². The van der Waals surface area contributed by atoms with Gasteiger partial charge in [0.15, 0.2) is 11.6 Å². The standard InChI is InChI=1S/C23H22N4O5S2.C16H12N2O2S2.C16H14N2OS2/c1-12(28)9-24-19(31)7-4-15(30)10-25-21(32)18-11-33-22(27-18)23-26-17-6-2-13-8-14(29)3-5-16(13)20(17)34-23;1-8(19)13-7-21-15(18-13)16-17-12-5-2-9-6-10(20)3-4-11(9)14(12)22-16;1-2-10-8-20-15(17-10)16-18-13-6-3-9-7-11(19)4-5-12(9)14(13)21-16/h2-3,5-6,8,18,28-29H,1,4,7,9-11H2,(H,24,31)(H,25,32);2-6,13,20H,7H2,1H3;3-7,10,19H,2,8H2,1H3. The van der Waals surface area contributed by atoms with Gasteiger partial charge in [-0.2, -0.15) is 0 Å². The van der Waals surface area contributed by atoms with E-state index in [1.165, 1.54) is 27.8 Å². The molecule has 77 heavy (non-hydrogen) atoms. The number of phenols is 3. The van der Waals surface area contributed by atoms with Crippen molar-refractivity contribution in [1.82, 2.24) is 25.6 Å². The number of thiazole rings is 3. The number of aromatic nitrogens is 3. The summed E-state index contributed by atoms with van der Waals surface area (Å²) in [6, 6.07) is 27.4. The van der Waals surface area contributed by atoms with Crippen LogP contribution in [0.1, 0.15) is 48.1 Å². The van der Waals surface area contributed by atoms with Crippen LogP contribution >= 0.6 is 69.3 Å². The number of hydrogen-bond acceptors (Lipinski definition) is 20. The Balaban J connectivity index is 0.000000136. The molecule has 22 heteroatoms. The van der Waals surface area contributed by atoms with Crippen LogP contribution in [0.25, 0.3) is 63.0 Å². The number of aliphatic imine (C=N–C) groups is 3. The maximum absolute atomic E-state index is 12.5. The zero-order chi connectivity index (χ0) is 53.9. The van der Waals surface area contributed by atoms with Gasteiger partial charge < -0.3 is 31.1 Å². The number of amides is 2. The molecule has 0 spiro atoms. The van der Waals surface area contributed by atoms with Crippen LogP contribution < -0.4 is 10.6 Å². The van der Waals surface area contributed by atoms with Crippen LogP contribution in [0.3, 0.4) is 0 Å². The number of carbonyl (C=O) groups is 4. The van der Waals surface area contributed by atoms with Crippen molar-refractivity contribution in [2.75, 3.05) is 30.3 Å². The smallest absolute Gasteiger partial charge is 0.246 e. The van der Waals surface area contributed by atoms with Crippen molar-refractivity contribution in [3.8, 4) is 17.2 Å². The number of Topliss-reactive ketones (excluding diaryl/α,β-unsaturated/α-hetero) is 2. The van der Waals surface area contributed by atoms with Crippen molar-refractivity contribution in [1.29, 1.82) is 0 Å². The molecule has 392 valence electrons. The number of aromatic hydroxyl groups is 3. The topological polar surface area (TPSA) is 249 Å². The van der Waals surface area contributed by atoms with Gasteiger partial charge in [0.1, 0.15) is 65.2 Å². The normalized spacial score (nSPS) is 17.0. The number of fused-ring (bicyclic) bond motifs is 9. The minimum Gasteiger partial charge on any atom is -0.511 e. The summed E-state index contributed by atoms with van der Waals surface area (Å²) in [6.07, 6.45) is 1.04. The average molecular weight is 1140 g/mol. The zero-order valence-electron chi connectivity index (χ0n) is 41.3. The van der Waals surface area contributed by atoms with E-state index in [1.54, 1.807) is 77.8 Å². The molecule has 6 aromatic carbocycles. The third-order valence-corrected chi connectivity index (χ3v) is 19.4. The summed E-state index contributed by atoms with van der Waals surface area (Å²) in [7, 11) is 0. The zero-order valence-corrected chi connectivity index (χ0v) is 46.2. The number of aliphatic hydroxyl groups excluding tert-OH is 1. The predicted molar refractivity (Wildman–Crippen MR) is 318 cm³/mol. The van der Waals surface area contributed by atoms with Crippen molar-refractivity contribution in [3.05, 3.63) is 118 Å². The van der Waals surface area contributed by atoms with E-state index < -0.39 is 6.04 Å². The molecular weight excluding hydrogens is 1090 g/mol. The quantitative estimate of drug-likeness (QED) is 0.0588. The van der Waals surface area contributed by atoms with E-state index in [4.69, 9.17) is 15.1 Å². The van der Waals surface area contributed by atoms with Gasteiger partial charge in [0.25, 0.3) is 0 Å². The van der Waals surface area contributed by atoms with E-state index in [2.05, 4.69) is 44.1 Å². The number of hydrogen-bond donors (Lipinski definition) is 6. The molecule has 2 amide bonds. The lowest BCUT2D eigenvalue weighted by Crippen LogP contribution is -2.37. The Kier molecular flexibility index (Phi) is 16.2. The maximum Gasteiger partial charge on any atom is 0.246 e.